The van der Waals surface area contributed by atoms with E-state index in [9.17, 15) is 43.2 Å². The van der Waals surface area contributed by atoms with Crippen LogP contribution in [0.1, 0.15) is 356 Å². The van der Waals surface area contributed by atoms with E-state index in [1.807, 2.05) is 0 Å². The second-order valence-electron chi connectivity index (χ2n) is 26.2. The number of carbonyl (C=O) groups is 4. The predicted molar refractivity (Wildman–Crippen MR) is 358 cm³/mol. The Morgan fingerprint density at radius 3 is 0.764 bits per heavy atom. The van der Waals surface area contributed by atoms with Gasteiger partial charge < -0.3 is 33.8 Å². The number of hydrogen-bond donors (Lipinski definition) is 3. The van der Waals surface area contributed by atoms with Crippen molar-refractivity contribution in [1.29, 1.82) is 0 Å². The molecule has 0 amide bonds. The summed E-state index contributed by atoms with van der Waals surface area (Å²) in [5.41, 5.74) is 0. The van der Waals surface area contributed by atoms with E-state index >= 15 is 0 Å². The molecule has 0 aliphatic carbocycles. The second kappa shape index (κ2) is 62.2. The third-order valence-electron chi connectivity index (χ3n) is 16.2. The Bertz CT molecular complexity index is 1730. The monoisotopic (exact) mass is 1310 g/mol. The molecular weight excluding hydrogens is 1170 g/mol. The van der Waals surface area contributed by atoms with Gasteiger partial charge in [-0.15, -0.1) is 0 Å². The van der Waals surface area contributed by atoms with E-state index in [2.05, 4.69) is 41.5 Å². The fraction of sp³-hybridized carbons (Fsp3) is 0.943. The minimum atomic E-state index is -4.95. The third kappa shape index (κ3) is 64.6. The van der Waals surface area contributed by atoms with E-state index in [4.69, 9.17) is 37.0 Å². The van der Waals surface area contributed by atoms with Crippen molar-refractivity contribution in [3.63, 3.8) is 0 Å². The maximum Gasteiger partial charge on any atom is 0.472 e. The maximum atomic E-state index is 13.0. The molecule has 19 heteroatoms. The van der Waals surface area contributed by atoms with Gasteiger partial charge >= 0.3 is 39.5 Å². The van der Waals surface area contributed by atoms with Gasteiger partial charge in [-0.25, -0.2) is 9.13 Å². The van der Waals surface area contributed by atoms with Crippen molar-refractivity contribution < 1.29 is 80.2 Å². The van der Waals surface area contributed by atoms with E-state index in [1.54, 1.807) is 0 Å². The largest absolute Gasteiger partial charge is 0.472 e. The van der Waals surface area contributed by atoms with Crippen LogP contribution in [0.5, 0.6) is 0 Å². The molecule has 0 spiro atoms. The summed E-state index contributed by atoms with van der Waals surface area (Å²) in [7, 11) is -9.90. The van der Waals surface area contributed by atoms with Crippen LogP contribution in [0.2, 0.25) is 0 Å². The SMILES string of the molecule is CCCCCCCCCCCCCCCCCCCCC(=O)O[C@H](COC(=O)CCCCCCCCCCCCCCC)COP(=O)(O)OC[C@@H](O)COP(=O)(O)OC[C@@H](COC(=O)CCCCCCCCC(C)C)OC(=O)CCCCCCCCC(C)C. The average molecular weight is 1310 g/mol. The van der Waals surface area contributed by atoms with Crippen molar-refractivity contribution in [2.45, 2.75) is 374 Å². The quantitative estimate of drug-likeness (QED) is 0.0222. The molecule has 0 saturated carbocycles. The normalized spacial score (nSPS) is 14.1. The Morgan fingerprint density at radius 2 is 0.517 bits per heavy atom. The van der Waals surface area contributed by atoms with E-state index in [0.717, 1.165) is 96.3 Å². The van der Waals surface area contributed by atoms with Crippen LogP contribution in [0.3, 0.4) is 0 Å². The summed E-state index contributed by atoms with van der Waals surface area (Å²) < 4.78 is 68.2. The topological polar surface area (TPSA) is 237 Å². The molecule has 0 bridgehead atoms. The van der Waals surface area contributed by atoms with Gasteiger partial charge in [0.1, 0.15) is 19.3 Å². The lowest BCUT2D eigenvalue weighted by molar-refractivity contribution is -0.161. The van der Waals surface area contributed by atoms with Crippen LogP contribution in [-0.2, 0) is 65.4 Å². The molecular formula is C70H136O17P2. The highest BCUT2D eigenvalue weighted by molar-refractivity contribution is 7.47. The number of aliphatic hydroxyl groups excluding tert-OH is 1. The molecule has 17 nitrogen and oxygen atoms in total. The van der Waals surface area contributed by atoms with E-state index in [0.29, 0.717) is 37.5 Å². The van der Waals surface area contributed by atoms with Gasteiger partial charge in [0.15, 0.2) is 12.2 Å². The first-order valence-electron chi connectivity index (χ1n) is 36.5. The Balaban J connectivity index is 5.20. The Hall–Kier alpha value is -1.94. The van der Waals surface area contributed by atoms with Crippen molar-refractivity contribution in [3.05, 3.63) is 0 Å². The Labute approximate surface area is 543 Å². The first-order valence-corrected chi connectivity index (χ1v) is 39.5. The van der Waals surface area contributed by atoms with Gasteiger partial charge in [-0.1, -0.05) is 305 Å². The third-order valence-corrected chi connectivity index (χ3v) is 18.1. The molecule has 0 aromatic rings. The van der Waals surface area contributed by atoms with Crippen molar-refractivity contribution in [3.8, 4) is 0 Å². The summed E-state index contributed by atoms with van der Waals surface area (Å²) in [6.45, 7) is 9.37. The molecule has 0 radical (unpaired) electrons. The van der Waals surface area contributed by atoms with Crippen molar-refractivity contribution in [2.24, 2.45) is 11.8 Å². The van der Waals surface area contributed by atoms with Gasteiger partial charge in [0.05, 0.1) is 26.4 Å². The number of carbonyl (C=O) groups excluding carboxylic acids is 4. The van der Waals surface area contributed by atoms with Crippen molar-refractivity contribution in [1.82, 2.24) is 0 Å². The van der Waals surface area contributed by atoms with Gasteiger partial charge in [0.25, 0.3) is 0 Å². The first-order chi connectivity index (χ1) is 42.9. The fourth-order valence-corrected chi connectivity index (χ4v) is 12.2. The Kier molecular flexibility index (Phi) is 60.8. The summed E-state index contributed by atoms with van der Waals surface area (Å²) in [5, 5.41) is 10.6. The molecule has 0 heterocycles. The van der Waals surface area contributed by atoms with Crippen LogP contribution < -0.4 is 0 Å². The summed E-state index contributed by atoms with van der Waals surface area (Å²) in [6, 6.07) is 0. The van der Waals surface area contributed by atoms with Crippen molar-refractivity contribution >= 4 is 39.5 Å². The molecule has 528 valence electrons. The smallest absolute Gasteiger partial charge is 0.462 e. The number of phosphoric ester groups is 2. The number of unbranched alkanes of at least 4 members (excludes halogenated alkanes) is 39. The molecule has 89 heavy (non-hydrogen) atoms. The second-order valence-corrected chi connectivity index (χ2v) is 29.1. The molecule has 5 atom stereocenters. The van der Waals surface area contributed by atoms with Gasteiger partial charge in [0, 0.05) is 25.7 Å². The highest BCUT2D eigenvalue weighted by atomic mass is 31.2. The van der Waals surface area contributed by atoms with E-state index in [-0.39, 0.29) is 25.7 Å². The van der Waals surface area contributed by atoms with Gasteiger partial charge in [0.2, 0.25) is 0 Å². The Morgan fingerprint density at radius 1 is 0.303 bits per heavy atom. The molecule has 3 N–H and O–H groups in total. The summed E-state index contributed by atoms with van der Waals surface area (Å²) in [4.78, 5) is 72.4. The fourth-order valence-electron chi connectivity index (χ4n) is 10.6. The van der Waals surface area contributed by atoms with Crippen LogP contribution in [-0.4, -0.2) is 96.7 Å². The molecule has 0 aromatic heterocycles. The minimum absolute atomic E-state index is 0.101. The lowest BCUT2D eigenvalue weighted by Crippen LogP contribution is -2.30. The number of phosphoric acid groups is 2. The predicted octanol–water partition coefficient (Wildman–Crippen LogP) is 20.0. The van der Waals surface area contributed by atoms with Crippen LogP contribution >= 0.6 is 15.6 Å². The summed E-state index contributed by atoms with van der Waals surface area (Å²) in [6.07, 6.45) is 47.6. The molecule has 2 unspecified atom stereocenters. The molecule has 0 aliphatic rings. The number of ether oxygens (including phenoxy) is 4. The molecule has 0 aliphatic heterocycles. The van der Waals surface area contributed by atoms with Crippen LogP contribution in [0.25, 0.3) is 0 Å². The zero-order valence-corrected chi connectivity index (χ0v) is 59.5. The highest BCUT2D eigenvalue weighted by Gasteiger charge is 2.30. The standard InChI is InChI=1S/C70H136O17P2/c1-7-9-11-13-15-17-19-21-22-23-24-25-27-29-31-33-42-48-54-69(74)86-65(58-80-67(72)52-46-40-32-30-28-26-20-18-16-14-12-10-8-2)60-84-88(76,77)82-56-64(71)57-83-89(78,79)85-61-66(87-70(75)55-49-43-37-35-39-45-51-63(5)6)59-81-68(73)53-47-41-36-34-38-44-50-62(3)4/h62-66,71H,7-61H2,1-6H3,(H,76,77)(H,78,79)/t64-,65-,66-/m1/s1. The lowest BCUT2D eigenvalue weighted by Gasteiger charge is -2.21. The number of rotatable bonds is 69. The van der Waals surface area contributed by atoms with Crippen LogP contribution in [0.15, 0.2) is 0 Å². The lowest BCUT2D eigenvalue weighted by atomic mass is 10.0. The molecule has 0 fully saturated rings. The summed E-state index contributed by atoms with van der Waals surface area (Å²) >= 11 is 0. The molecule has 0 saturated heterocycles. The number of hydrogen-bond acceptors (Lipinski definition) is 15. The van der Waals surface area contributed by atoms with Gasteiger partial charge in [-0.3, -0.25) is 37.3 Å². The average Bonchev–Trinajstić information content (AvgIpc) is 3.71. The number of esters is 4. The van der Waals surface area contributed by atoms with Crippen molar-refractivity contribution in [2.75, 3.05) is 39.6 Å². The van der Waals surface area contributed by atoms with E-state index in [1.165, 1.54) is 167 Å². The minimum Gasteiger partial charge on any atom is -0.462 e. The molecule has 0 aromatic carbocycles. The van der Waals surface area contributed by atoms with Gasteiger partial charge in [-0.05, 0) is 37.5 Å². The van der Waals surface area contributed by atoms with Crippen LogP contribution in [0.4, 0.5) is 0 Å². The maximum absolute atomic E-state index is 13.0. The zero-order chi connectivity index (χ0) is 65.7. The zero-order valence-electron chi connectivity index (χ0n) is 57.7. The first kappa shape index (κ1) is 87.1. The van der Waals surface area contributed by atoms with Crippen LogP contribution in [0, 0.1) is 11.8 Å². The number of aliphatic hydroxyl groups is 1. The summed E-state index contributed by atoms with van der Waals surface area (Å²) in [5.74, 6) is -0.781. The van der Waals surface area contributed by atoms with E-state index < -0.39 is 97.5 Å². The highest BCUT2D eigenvalue weighted by Crippen LogP contribution is 2.45. The molecule has 0 rings (SSSR count). The van der Waals surface area contributed by atoms with Gasteiger partial charge in [-0.2, -0.15) is 0 Å².